The van der Waals surface area contributed by atoms with Crippen LogP contribution in [0, 0.1) is 0 Å². The highest BCUT2D eigenvalue weighted by Gasteiger charge is 2.09. The monoisotopic (exact) mass is 358 g/mol. The largest absolute Gasteiger partial charge is 0.497 e. The second-order valence-electron chi connectivity index (χ2n) is 5.72. The van der Waals surface area contributed by atoms with E-state index in [-0.39, 0.29) is 5.91 Å². The van der Waals surface area contributed by atoms with Gasteiger partial charge in [0.2, 0.25) is 5.91 Å². The fourth-order valence-corrected chi connectivity index (χ4v) is 3.11. The minimum Gasteiger partial charge on any atom is -0.497 e. The number of ether oxygens (including phenoxy) is 1. The molecule has 0 radical (unpaired) electrons. The number of anilines is 1. The van der Waals surface area contributed by atoms with Crippen LogP contribution in [0.2, 0.25) is 0 Å². The maximum absolute atomic E-state index is 12.3. The molecule has 5 heteroatoms. The molecule has 0 unspecified atom stereocenters. The first-order valence-electron chi connectivity index (χ1n) is 8.44. The number of hydrogen-bond acceptors (Lipinski definition) is 4. The molecule has 0 bridgehead atoms. The van der Waals surface area contributed by atoms with E-state index in [1.165, 1.54) is 5.56 Å². The van der Waals surface area contributed by atoms with Gasteiger partial charge in [-0.1, -0.05) is 31.2 Å². The number of hydrogen-bond donors (Lipinski definition) is 1. The maximum Gasteiger partial charge on any atom is 0.225 e. The quantitative estimate of drug-likeness (QED) is 0.680. The Kier molecular flexibility index (Phi) is 7.82. The number of nitrogens with one attached hydrogen (secondary N) is 1. The van der Waals surface area contributed by atoms with E-state index < -0.39 is 0 Å². The SMILES string of the molecule is CCN(CCC(=O)Nc1ccccc1SC)Cc1ccc(OC)cc1. The number of carbonyl (C=O) groups is 1. The Bertz CT molecular complexity index is 674. The van der Waals surface area contributed by atoms with E-state index in [4.69, 9.17) is 4.74 Å². The molecule has 0 aliphatic rings. The van der Waals surface area contributed by atoms with Gasteiger partial charge in [0.25, 0.3) is 0 Å². The summed E-state index contributed by atoms with van der Waals surface area (Å²) >= 11 is 1.64. The van der Waals surface area contributed by atoms with Crippen molar-refractivity contribution in [2.24, 2.45) is 0 Å². The van der Waals surface area contributed by atoms with Crippen molar-refractivity contribution in [3.8, 4) is 5.75 Å². The maximum atomic E-state index is 12.3. The Hall–Kier alpha value is -1.98. The fourth-order valence-electron chi connectivity index (χ4n) is 2.56. The van der Waals surface area contributed by atoms with E-state index in [9.17, 15) is 4.79 Å². The number of amides is 1. The molecule has 0 saturated carbocycles. The summed E-state index contributed by atoms with van der Waals surface area (Å²) in [6.45, 7) is 4.58. The minimum absolute atomic E-state index is 0.0506. The van der Waals surface area contributed by atoms with Crippen molar-refractivity contribution in [3.63, 3.8) is 0 Å². The third kappa shape index (κ3) is 6.11. The molecular formula is C20H26N2O2S. The fraction of sp³-hybridized carbons (Fsp3) is 0.350. The van der Waals surface area contributed by atoms with Gasteiger partial charge in [-0.05, 0) is 42.6 Å². The number of nitrogens with zero attached hydrogens (tertiary/aromatic N) is 1. The number of rotatable bonds is 9. The Morgan fingerprint density at radius 1 is 1.16 bits per heavy atom. The summed E-state index contributed by atoms with van der Waals surface area (Å²) < 4.78 is 5.19. The van der Waals surface area contributed by atoms with Crippen molar-refractivity contribution in [2.45, 2.75) is 24.8 Å². The molecule has 2 aromatic rings. The van der Waals surface area contributed by atoms with Gasteiger partial charge in [0, 0.05) is 24.4 Å². The standard InChI is InChI=1S/C20H26N2O2S/c1-4-22(15-16-9-11-17(24-2)12-10-16)14-13-20(23)21-18-7-5-6-8-19(18)25-3/h5-12H,4,13-15H2,1-3H3,(H,21,23). The molecule has 1 amide bonds. The Morgan fingerprint density at radius 2 is 1.88 bits per heavy atom. The molecular weight excluding hydrogens is 332 g/mol. The zero-order valence-corrected chi connectivity index (χ0v) is 15.9. The van der Waals surface area contributed by atoms with Crippen LogP contribution in [0.25, 0.3) is 0 Å². The van der Waals surface area contributed by atoms with Gasteiger partial charge in [0.1, 0.15) is 5.75 Å². The predicted octanol–water partition coefficient (Wildman–Crippen LogP) is 4.27. The van der Waals surface area contributed by atoms with Crippen LogP contribution in [-0.4, -0.2) is 37.3 Å². The van der Waals surface area contributed by atoms with Gasteiger partial charge in [-0.3, -0.25) is 9.69 Å². The van der Waals surface area contributed by atoms with Crippen LogP contribution in [0.15, 0.2) is 53.4 Å². The van der Waals surface area contributed by atoms with Crippen molar-refractivity contribution in [2.75, 3.05) is 31.8 Å². The van der Waals surface area contributed by atoms with Crippen LogP contribution in [0.1, 0.15) is 18.9 Å². The van der Waals surface area contributed by atoms with Crippen LogP contribution >= 0.6 is 11.8 Å². The third-order valence-corrected chi connectivity index (χ3v) is 4.84. The second-order valence-corrected chi connectivity index (χ2v) is 6.56. The van der Waals surface area contributed by atoms with Gasteiger partial charge in [-0.2, -0.15) is 0 Å². The highest BCUT2D eigenvalue weighted by molar-refractivity contribution is 7.98. The van der Waals surface area contributed by atoms with Gasteiger partial charge in [0.15, 0.2) is 0 Å². The van der Waals surface area contributed by atoms with Crippen molar-refractivity contribution in [1.82, 2.24) is 4.90 Å². The Balaban J connectivity index is 1.85. The van der Waals surface area contributed by atoms with E-state index in [0.29, 0.717) is 6.42 Å². The average Bonchev–Trinajstić information content (AvgIpc) is 2.66. The number of benzene rings is 2. The van der Waals surface area contributed by atoms with Crippen LogP contribution in [0.4, 0.5) is 5.69 Å². The van der Waals surface area contributed by atoms with Crippen molar-refractivity contribution < 1.29 is 9.53 Å². The van der Waals surface area contributed by atoms with Gasteiger partial charge >= 0.3 is 0 Å². The van der Waals surface area contributed by atoms with Gasteiger partial charge in [-0.25, -0.2) is 0 Å². The zero-order chi connectivity index (χ0) is 18.1. The van der Waals surface area contributed by atoms with Crippen LogP contribution in [0.3, 0.4) is 0 Å². The molecule has 2 aromatic carbocycles. The summed E-state index contributed by atoms with van der Waals surface area (Å²) in [4.78, 5) is 15.6. The lowest BCUT2D eigenvalue weighted by atomic mass is 10.2. The Morgan fingerprint density at radius 3 is 2.52 bits per heavy atom. The van der Waals surface area contributed by atoms with Crippen LogP contribution < -0.4 is 10.1 Å². The molecule has 0 aromatic heterocycles. The molecule has 0 saturated heterocycles. The number of para-hydroxylation sites is 1. The lowest BCUT2D eigenvalue weighted by Gasteiger charge is -2.20. The first-order valence-corrected chi connectivity index (χ1v) is 9.67. The van der Waals surface area contributed by atoms with E-state index in [2.05, 4.69) is 29.3 Å². The zero-order valence-electron chi connectivity index (χ0n) is 15.1. The summed E-state index contributed by atoms with van der Waals surface area (Å²) in [6.07, 6.45) is 2.49. The highest BCUT2D eigenvalue weighted by atomic mass is 32.2. The number of thioether (sulfide) groups is 1. The summed E-state index contributed by atoms with van der Waals surface area (Å²) in [5.41, 5.74) is 2.11. The molecule has 1 N–H and O–H groups in total. The molecule has 134 valence electrons. The molecule has 2 rings (SSSR count). The molecule has 0 fully saturated rings. The lowest BCUT2D eigenvalue weighted by molar-refractivity contribution is -0.116. The molecule has 0 heterocycles. The second kappa shape index (κ2) is 10.1. The van der Waals surface area contributed by atoms with E-state index in [0.717, 1.165) is 36.0 Å². The predicted molar refractivity (Wildman–Crippen MR) is 105 cm³/mol. The van der Waals surface area contributed by atoms with Crippen LogP contribution in [-0.2, 0) is 11.3 Å². The minimum atomic E-state index is 0.0506. The smallest absolute Gasteiger partial charge is 0.225 e. The summed E-state index contributed by atoms with van der Waals surface area (Å²) in [6, 6.07) is 15.9. The molecule has 4 nitrogen and oxygen atoms in total. The molecule has 25 heavy (non-hydrogen) atoms. The van der Waals surface area contributed by atoms with Crippen LogP contribution in [0.5, 0.6) is 5.75 Å². The lowest BCUT2D eigenvalue weighted by Crippen LogP contribution is -2.27. The number of carbonyl (C=O) groups excluding carboxylic acids is 1. The van der Waals surface area contributed by atoms with Gasteiger partial charge in [0.05, 0.1) is 12.8 Å². The van der Waals surface area contributed by atoms with E-state index in [1.807, 2.05) is 42.7 Å². The van der Waals surface area contributed by atoms with E-state index >= 15 is 0 Å². The molecule has 0 spiro atoms. The van der Waals surface area contributed by atoms with Crippen molar-refractivity contribution in [3.05, 3.63) is 54.1 Å². The summed E-state index contributed by atoms with van der Waals surface area (Å²) in [5, 5.41) is 3.02. The third-order valence-electron chi connectivity index (χ3n) is 4.05. The molecule has 0 aliphatic carbocycles. The first-order chi connectivity index (χ1) is 12.2. The average molecular weight is 359 g/mol. The highest BCUT2D eigenvalue weighted by Crippen LogP contribution is 2.24. The van der Waals surface area contributed by atoms with Crippen molar-refractivity contribution >= 4 is 23.4 Å². The van der Waals surface area contributed by atoms with Crippen molar-refractivity contribution in [1.29, 1.82) is 0 Å². The van der Waals surface area contributed by atoms with E-state index in [1.54, 1.807) is 18.9 Å². The van der Waals surface area contributed by atoms with Gasteiger partial charge in [-0.15, -0.1) is 11.8 Å². The molecule has 0 atom stereocenters. The summed E-state index contributed by atoms with van der Waals surface area (Å²) in [5.74, 6) is 0.910. The normalized spacial score (nSPS) is 10.7. The number of methoxy groups -OCH3 is 1. The summed E-state index contributed by atoms with van der Waals surface area (Å²) in [7, 11) is 1.67. The van der Waals surface area contributed by atoms with Gasteiger partial charge < -0.3 is 10.1 Å². The Labute approximate surface area is 154 Å². The first kappa shape index (κ1) is 19.3. The topological polar surface area (TPSA) is 41.6 Å². The molecule has 0 aliphatic heterocycles.